The highest BCUT2D eigenvalue weighted by molar-refractivity contribution is 7.83. The van der Waals surface area contributed by atoms with Gasteiger partial charge in [-0.15, -0.1) is 0 Å². The summed E-state index contributed by atoms with van der Waals surface area (Å²) in [7, 11) is 1.51. The fourth-order valence-corrected chi connectivity index (χ4v) is 3.56. The van der Waals surface area contributed by atoms with E-state index in [1.54, 1.807) is 38.1 Å². The third-order valence-electron chi connectivity index (χ3n) is 3.58. The topological polar surface area (TPSA) is 55.8 Å². The fraction of sp³-hybridized carbons (Fsp3) is 0.562. The lowest BCUT2D eigenvalue weighted by molar-refractivity contribution is -0.132. The number of likely N-dealkylation sites (N-methyl/N-ethyl adjacent to an activating group) is 1. The van der Waals surface area contributed by atoms with Crippen LogP contribution in [0.25, 0.3) is 0 Å². The number of ketones is 1. The predicted molar refractivity (Wildman–Crippen MR) is 93.1 cm³/mol. The summed E-state index contributed by atoms with van der Waals surface area (Å²) in [6.45, 7) is 2.26. The van der Waals surface area contributed by atoms with E-state index in [1.807, 2.05) is 6.07 Å². The number of nitrogens with zero attached hydrogens (tertiary/aromatic N) is 1. The van der Waals surface area contributed by atoms with E-state index >= 15 is 0 Å². The van der Waals surface area contributed by atoms with Gasteiger partial charge in [-0.1, -0.05) is 31.5 Å². The smallest absolute Gasteiger partial charge is 0.412 e. The molecule has 0 aliphatic rings. The first-order valence-electron chi connectivity index (χ1n) is 7.72. The van der Waals surface area contributed by atoms with Crippen molar-refractivity contribution in [3.8, 4) is 5.75 Å². The standard InChI is InChI=1S/C16H25ClNO4P/c1-5-6-12-21-14(3)16(19)13(2)18(4)23(17,20)22-15-10-8-7-9-11-15/h7-11,13-14H,5-6,12H2,1-4H3. The van der Waals surface area contributed by atoms with E-state index in [2.05, 4.69) is 6.92 Å². The summed E-state index contributed by atoms with van der Waals surface area (Å²) in [4.78, 5) is 12.4. The largest absolute Gasteiger partial charge is 0.422 e. The van der Waals surface area contributed by atoms with Crippen molar-refractivity contribution in [2.24, 2.45) is 0 Å². The quantitative estimate of drug-likeness (QED) is 0.453. The minimum atomic E-state index is -3.66. The third-order valence-corrected chi connectivity index (χ3v) is 6.04. The number of Topliss-reactive ketones (excluding diaryl/α,β-unsaturated/α-hetero) is 1. The molecule has 0 spiro atoms. The normalized spacial score (nSPS) is 16.6. The zero-order chi connectivity index (χ0) is 17.5. The van der Waals surface area contributed by atoms with Crippen molar-refractivity contribution >= 4 is 23.9 Å². The SMILES string of the molecule is CCCCOC(C)C(=O)C(C)N(C)P(=O)(Cl)Oc1ccccc1. The van der Waals surface area contributed by atoms with Gasteiger partial charge >= 0.3 is 6.87 Å². The molecule has 0 bridgehead atoms. The first-order valence-corrected chi connectivity index (χ1v) is 10.2. The zero-order valence-electron chi connectivity index (χ0n) is 14.1. The molecule has 7 heteroatoms. The first-order chi connectivity index (χ1) is 10.8. The van der Waals surface area contributed by atoms with Crippen LogP contribution in [0.15, 0.2) is 30.3 Å². The van der Waals surface area contributed by atoms with Crippen LogP contribution in [-0.4, -0.2) is 36.3 Å². The molecule has 0 heterocycles. The van der Waals surface area contributed by atoms with Gasteiger partial charge in [0.25, 0.3) is 0 Å². The molecule has 0 N–H and O–H groups in total. The Morgan fingerprint density at radius 2 is 1.91 bits per heavy atom. The Kier molecular flexibility index (Phi) is 8.27. The highest BCUT2D eigenvalue weighted by Crippen LogP contribution is 2.55. The van der Waals surface area contributed by atoms with E-state index in [1.165, 1.54) is 11.7 Å². The van der Waals surface area contributed by atoms with Crippen molar-refractivity contribution in [3.05, 3.63) is 30.3 Å². The number of hydrogen-bond acceptors (Lipinski definition) is 4. The molecular formula is C16H25ClNO4P. The van der Waals surface area contributed by atoms with E-state index < -0.39 is 19.0 Å². The first kappa shape index (κ1) is 20.2. The van der Waals surface area contributed by atoms with Crippen molar-refractivity contribution in [2.45, 2.75) is 45.8 Å². The van der Waals surface area contributed by atoms with Crippen molar-refractivity contribution in [1.82, 2.24) is 4.67 Å². The van der Waals surface area contributed by atoms with Crippen LogP contribution in [-0.2, 0) is 14.1 Å². The van der Waals surface area contributed by atoms with E-state index in [0.29, 0.717) is 12.4 Å². The highest BCUT2D eigenvalue weighted by Gasteiger charge is 2.36. The number of halogens is 1. The Morgan fingerprint density at radius 3 is 2.48 bits per heavy atom. The van der Waals surface area contributed by atoms with Crippen molar-refractivity contribution in [1.29, 1.82) is 0 Å². The number of hydrogen-bond donors (Lipinski definition) is 0. The van der Waals surface area contributed by atoms with Crippen molar-refractivity contribution in [3.63, 3.8) is 0 Å². The second-order valence-electron chi connectivity index (χ2n) is 5.37. The monoisotopic (exact) mass is 361 g/mol. The summed E-state index contributed by atoms with van der Waals surface area (Å²) in [5.74, 6) is 0.214. The van der Waals surface area contributed by atoms with Gasteiger partial charge in [-0.2, -0.15) is 0 Å². The van der Waals surface area contributed by atoms with Gasteiger partial charge in [-0.25, -0.2) is 9.24 Å². The Labute approximate surface area is 143 Å². The number of rotatable bonds is 10. The predicted octanol–water partition coefficient (Wildman–Crippen LogP) is 4.51. The molecule has 0 fully saturated rings. The lowest BCUT2D eigenvalue weighted by atomic mass is 10.1. The van der Waals surface area contributed by atoms with Crippen LogP contribution in [0, 0.1) is 0 Å². The summed E-state index contributed by atoms with van der Waals surface area (Å²) in [5.41, 5.74) is 0. The molecule has 3 atom stereocenters. The van der Waals surface area contributed by atoms with E-state index in [0.717, 1.165) is 12.8 Å². The number of unbranched alkanes of at least 4 members (excludes halogenated alkanes) is 1. The van der Waals surface area contributed by atoms with Crippen LogP contribution in [0.2, 0.25) is 0 Å². The zero-order valence-corrected chi connectivity index (χ0v) is 15.7. The summed E-state index contributed by atoms with van der Waals surface area (Å²) in [6.07, 6.45) is 1.32. The van der Waals surface area contributed by atoms with Crippen LogP contribution < -0.4 is 4.52 Å². The summed E-state index contributed by atoms with van der Waals surface area (Å²) in [6, 6.07) is 7.96. The van der Waals surface area contributed by atoms with Crippen LogP contribution in [0.1, 0.15) is 33.6 Å². The molecule has 0 saturated carbocycles. The molecule has 5 nitrogen and oxygen atoms in total. The third kappa shape index (κ3) is 6.27. The van der Waals surface area contributed by atoms with Crippen LogP contribution in [0.5, 0.6) is 5.75 Å². The second kappa shape index (κ2) is 9.43. The molecule has 3 unspecified atom stereocenters. The van der Waals surface area contributed by atoms with Crippen molar-refractivity contribution in [2.75, 3.05) is 13.7 Å². The molecule has 0 aliphatic heterocycles. The van der Waals surface area contributed by atoms with Crippen molar-refractivity contribution < 1.29 is 18.6 Å². The lowest BCUT2D eigenvalue weighted by Gasteiger charge is -2.28. The van der Waals surface area contributed by atoms with Gasteiger partial charge in [-0.3, -0.25) is 4.79 Å². The average Bonchev–Trinajstić information content (AvgIpc) is 2.53. The van der Waals surface area contributed by atoms with Gasteiger partial charge in [0.2, 0.25) is 0 Å². The number of ether oxygens (including phenoxy) is 1. The van der Waals surface area contributed by atoms with E-state index in [9.17, 15) is 9.36 Å². The second-order valence-corrected chi connectivity index (χ2v) is 8.37. The Bertz CT molecular complexity index is 540. The Hall–Kier alpha value is -0.870. The van der Waals surface area contributed by atoms with Gasteiger partial charge < -0.3 is 9.26 Å². The Morgan fingerprint density at radius 1 is 1.30 bits per heavy atom. The van der Waals surface area contributed by atoms with Gasteiger partial charge in [0, 0.05) is 17.8 Å². The maximum absolute atomic E-state index is 12.6. The average molecular weight is 362 g/mol. The number of benzene rings is 1. The Balaban J connectivity index is 2.68. The molecule has 0 saturated heterocycles. The van der Waals surface area contributed by atoms with E-state index in [-0.39, 0.29) is 5.78 Å². The molecule has 23 heavy (non-hydrogen) atoms. The van der Waals surface area contributed by atoms with Gasteiger partial charge in [0.1, 0.15) is 11.9 Å². The van der Waals surface area contributed by atoms with E-state index in [4.69, 9.17) is 20.5 Å². The summed E-state index contributed by atoms with van der Waals surface area (Å²) >= 11 is 6.06. The van der Waals surface area contributed by atoms with Crippen LogP contribution >= 0.6 is 18.1 Å². The number of carbonyl (C=O) groups is 1. The maximum Gasteiger partial charge on any atom is 0.412 e. The molecule has 0 aromatic heterocycles. The van der Waals surface area contributed by atoms with Gasteiger partial charge in [-0.05, 0) is 39.4 Å². The minimum absolute atomic E-state index is 0.180. The highest BCUT2D eigenvalue weighted by atomic mass is 35.7. The molecule has 130 valence electrons. The lowest BCUT2D eigenvalue weighted by Crippen LogP contribution is -2.40. The minimum Gasteiger partial charge on any atom is -0.422 e. The molecule has 0 radical (unpaired) electrons. The van der Waals surface area contributed by atoms with Crippen LogP contribution in [0.3, 0.4) is 0 Å². The van der Waals surface area contributed by atoms with Gasteiger partial charge in [0.15, 0.2) is 5.78 Å². The molecule has 0 aliphatic carbocycles. The molecule has 1 aromatic rings. The molecule has 1 rings (SSSR count). The summed E-state index contributed by atoms with van der Waals surface area (Å²) in [5, 5.41) is 0. The van der Waals surface area contributed by atoms with Crippen LogP contribution in [0.4, 0.5) is 0 Å². The molecule has 0 amide bonds. The number of para-hydroxylation sites is 1. The number of carbonyl (C=O) groups excluding carboxylic acids is 1. The molecule has 1 aromatic carbocycles. The maximum atomic E-state index is 12.6. The van der Waals surface area contributed by atoms with Gasteiger partial charge in [0.05, 0.1) is 6.04 Å². The summed E-state index contributed by atoms with van der Waals surface area (Å²) < 4.78 is 24.7. The molecular weight excluding hydrogens is 337 g/mol. The fourth-order valence-electron chi connectivity index (χ4n) is 1.89.